The summed E-state index contributed by atoms with van der Waals surface area (Å²) in [5, 5.41) is 0. The van der Waals surface area contributed by atoms with E-state index in [4.69, 9.17) is 17.7 Å². The van der Waals surface area contributed by atoms with Crippen LogP contribution in [-0.2, 0) is 17.7 Å². The molecule has 0 aromatic rings. The zero-order valence-corrected chi connectivity index (χ0v) is 11.1. The molecule has 0 aliphatic rings. The van der Waals surface area contributed by atoms with Crippen molar-refractivity contribution in [3.63, 3.8) is 0 Å². The molecule has 0 aromatic heterocycles. The molecule has 0 aliphatic heterocycles. The molecule has 0 rings (SSSR count). The molecule has 0 aromatic carbocycles. The molecular formula is C8H21ClO4Si. The monoisotopic (exact) mass is 244 g/mol. The predicted molar refractivity (Wildman–Crippen MR) is 53.4 cm³/mol. The number of halogens is 1. The summed E-state index contributed by atoms with van der Waals surface area (Å²) < 4.78 is 21.7. The average molecular weight is 245 g/mol. The molecule has 4 nitrogen and oxygen atoms in total. The summed E-state index contributed by atoms with van der Waals surface area (Å²) in [7, 11) is -2.80. The summed E-state index contributed by atoms with van der Waals surface area (Å²) in [4.78, 5) is 0. The second-order valence-electron chi connectivity index (χ2n) is 2.23. The first kappa shape index (κ1) is 16.8. The van der Waals surface area contributed by atoms with Gasteiger partial charge in [0.05, 0.1) is 0 Å². The van der Waals surface area contributed by atoms with E-state index < -0.39 is 9.05 Å². The van der Waals surface area contributed by atoms with Crippen molar-refractivity contribution in [2.24, 2.45) is 0 Å². The van der Waals surface area contributed by atoms with Gasteiger partial charge in [0, 0.05) is 26.4 Å². The van der Waals surface area contributed by atoms with Crippen molar-refractivity contribution in [2.45, 2.75) is 27.7 Å². The Balaban J connectivity index is -0.000000720. The van der Waals surface area contributed by atoms with E-state index in [0.717, 1.165) is 0 Å². The van der Waals surface area contributed by atoms with E-state index in [1.807, 2.05) is 27.7 Å². The number of hydrogen-bond acceptors (Lipinski definition) is 4. The smallest absolute Gasteiger partial charge is 1.00 e. The molecule has 0 unspecified atom stereocenters. The standard InChI is InChI=1S/C8H20O4Si.ClH/c1-5-9-13(10-6-2,11-7-3)12-8-4;/h5-8H2,1-4H3;1H. The minimum atomic E-state index is -2.80. The largest absolute Gasteiger partial charge is 1.00 e. The van der Waals surface area contributed by atoms with Gasteiger partial charge in [-0.1, -0.05) is 0 Å². The lowest BCUT2D eigenvalue weighted by Crippen LogP contribution is -3.00. The normalized spacial score (nSPS) is 11.1. The van der Waals surface area contributed by atoms with Crippen LogP contribution >= 0.6 is 0 Å². The van der Waals surface area contributed by atoms with Gasteiger partial charge in [0.25, 0.3) is 0 Å². The average Bonchev–Trinajstić information content (AvgIpc) is 2.06. The fourth-order valence-corrected chi connectivity index (χ4v) is 2.87. The van der Waals surface area contributed by atoms with Crippen LogP contribution in [0.3, 0.4) is 0 Å². The molecule has 0 saturated carbocycles. The third kappa shape index (κ3) is 5.95. The van der Waals surface area contributed by atoms with Gasteiger partial charge in [-0.05, 0) is 27.7 Å². The summed E-state index contributed by atoms with van der Waals surface area (Å²) >= 11 is 0. The minimum absolute atomic E-state index is 0. The van der Waals surface area contributed by atoms with E-state index in [9.17, 15) is 0 Å². The van der Waals surface area contributed by atoms with Crippen LogP contribution in [0.2, 0.25) is 0 Å². The van der Waals surface area contributed by atoms with Gasteiger partial charge in [0.1, 0.15) is 0 Å². The topological polar surface area (TPSA) is 36.9 Å². The fraction of sp³-hybridized carbons (Fsp3) is 1.00. The molecule has 0 saturated heterocycles. The highest BCUT2D eigenvalue weighted by atomic mass is 35.5. The fourth-order valence-electron chi connectivity index (χ4n) is 0.957. The maximum atomic E-state index is 5.42. The first-order valence-corrected chi connectivity index (χ1v) is 6.43. The van der Waals surface area contributed by atoms with Crippen LogP contribution in [0.5, 0.6) is 0 Å². The zero-order valence-electron chi connectivity index (χ0n) is 10.3. The molecule has 0 amide bonds. The molecule has 0 atom stereocenters. The van der Waals surface area contributed by atoms with Gasteiger partial charge >= 0.3 is 10.5 Å². The SMILES string of the molecule is CCO[Si](OCC)(OCC)OCC.[Cl-].[H+]. The molecule has 6 heteroatoms. The molecule has 0 spiro atoms. The van der Waals surface area contributed by atoms with Crippen LogP contribution in [0.25, 0.3) is 0 Å². The van der Waals surface area contributed by atoms with Gasteiger partial charge in [-0.3, -0.25) is 0 Å². The number of hydrogen-bond donors (Lipinski definition) is 0. The summed E-state index contributed by atoms with van der Waals surface area (Å²) in [6.45, 7) is 9.80. The summed E-state index contributed by atoms with van der Waals surface area (Å²) in [5.74, 6) is 0. The van der Waals surface area contributed by atoms with Crippen LogP contribution in [-0.4, -0.2) is 35.5 Å². The van der Waals surface area contributed by atoms with Crippen LogP contribution in [0.15, 0.2) is 0 Å². The molecule has 0 radical (unpaired) electrons. The van der Waals surface area contributed by atoms with Crippen molar-refractivity contribution < 1.29 is 31.5 Å². The van der Waals surface area contributed by atoms with E-state index in [1.165, 1.54) is 0 Å². The highest BCUT2D eigenvalue weighted by Crippen LogP contribution is 2.11. The van der Waals surface area contributed by atoms with Gasteiger partial charge in [0.15, 0.2) is 0 Å². The van der Waals surface area contributed by atoms with Gasteiger partial charge in [-0.2, -0.15) is 0 Å². The molecule has 0 aliphatic carbocycles. The summed E-state index contributed by atoms with van der Waals surface area (Å²) in [6, 6.07) is 0. The lowest BCUT2D eigenvalue weighted by molar-refractivity contribution is -0.0247. The molecule has 88 valence electrons. The Labute approximate surface area is 95.3 Å². The van der Waals surface area contributed by atoms with Crippen molar-refractivity contribution in [1.29, 1.82) is 0 Å². The summed E-state index contributed by atoms with van der Waals surface area (Å²) in [6.07, 6.45) is 0. The Morgan fingerprint density at radius 2 is 0.929 bits per heavy atom. The Morgan fingerprint density at radius 3 is 1.07 bits per heavy atom. The Morgan fingerprint density at radius 1 is 0.714 bits per heavy atom. The lowest BCUT2D eigenvalue weighted by atomic mass is 10.9. The molecule has 0 heterocycles. The van der Waals surface area contributed by atoms with Gasteiger partial charge in [0.2, 0.25) is 0 Å². The van der Waals surface area contributed by atoms with Crippen LogP contribution in [0, 0.1) is 0 Å². The quantitative estimate of drug-likeness (QED) is 0.497. The Hall–Kier alpha value is 0.347. The third-order valence-corrected chi connectivity index (χ3v) is 3.85. The van der Waals surface area contributed by atoms with E-state index in [1.54, 1.807) is 0 Å². The van der Waals surface area contributed by atoms with Crippen LogP contribution in [0.4, 0.5) is 0 Å². The van der Waals surface area contributed by atoms with E-state index in [2.05, 4.69) is 0 Å². The third-order valence-electron chi connectivity index (χ3n) is 1.28. The van der Waals surface area contributed by atoms with Crippen LogP contribution < -0.4 is 12.4 Å². The molecule has 0 bridgehead atoms. The van der Waals surface area contributed by atoms with Crippen molar-refractivity contribution >= 4 is 9.05 Å². The Kier molecular flexibility index (Phi) is 11.8. The zero-order chi connectivity index (χ0) is 10.2. The highest BCUT2D eigenvalue weighted by molar-refractivity contribution is 6.53. The lowest BCUT2D eigenvalue weighted by Gasteiger charge is -2.26. The maximum Gasteiger partial charge on any atom is 1.00 e. The van der Waals surface area contributed by atoms with Gasteiger partial charge in [-0.25, -0.2) is 0 Å². The summed E-state index contributed by atoms with van der Waals surface area (Å²) in [5.41, 5.74) is 0. The van der Waals surface area contributed by atoms with Gasteiger partial charge in [-0.15, -0.1) is 0 Å². The minimum Gasteiger partial charge on any atom is -1.00 e. The highest BCUT2D eigenvalue weighted by Gasteiger charge is 2.44. The first-order valence-electron chi connectivity index (χ1n) is 4.80. The maximum absolute atomic E-state index is 5.42. The molecular weight excluding hydrogens is 224 g/mol. The van der Waals surface area contributed by atoms with Crippen molar-refractivity contribution in [3.8, 4) is 0 Å². The van der Waals surface area contributed by atoms with Crippen LogP contribution in [0.1, 0.15) is 29.1 Å². The second-order valence-corrected chi connectivity index (χ2v) is 4.39. The van der Waals surface area contributed by atoms with E-state index in [0.29, 0.717) is 26.4 Å². The molecule has 0 N–H and O–H groups in total. The van der Waals surface area contributed by atoms with E-state index in [-0.39, 0.29) is 13.8 Å². The van der Waals surface area contributed by atoms with Crippen molar-refractivity contribution in [2.75, 3.05) is 26.4 Å². The predicted octanol–water partition coefficient (Wildman–Crippen LogP) is -1.32. The second kappa shape index (κ2) is 9.89. The number of rotatable bonds is 8. The van der Waals surface area contributed by atoms with Crippen molar-refractivity contribution in [1.82, 2.24) is 0 Å². The molecule has 0 fully saturated rings. The Bertz CT molecular complexity index is 102. The van der Waals surface area contributed by atoms with Crippen molar-refractivity contribution in [3.05, 3.63) is 0 Å². The first-order chi connectivity index (χ1) is 6.24. The molecule has 14 heavy (non-hydrogen) atoms. The van der Waals surface area contributed by atoms with E-state index >= 15 is 0 Å². The van der Waals surface area contributed by atoms with Gasteiger partial charge < -0.3 is 30.1 Å².